The molecule has 0 bridgehead atoms. The van der Waals surface area contributed by atoms with Crippen LogP contribution in [0.5, 0.6) is 0 Å². The average Bonchev–Trinajstić information content (AvgIpc) is 2.15. The van der Waals surface area contributed by atoms with Crippen LogP contribution in [0.4, 0.5) is 0 Å². The normalized spacial score (nSPS) is 15.4. The third-order valence-corrected chi connectivity index (χ3v) is 2.96. The van der Waals surface area contributed by atoms with Crippen molar-refractivity contribution >= 4 is 5.97 Å². The molecule has 0 spiro atoms. The van der Waals surface area contributed by atoms with Crippen LogP contribution in [-0.4, -0.2) is 11.1 Å². The second-order valence-corrected chi connectivity index (χ2v) is 3.85. The SMILES string of the molecule is N#Cc1ccc(C2CCC2)c(C(=O)O)c1. The molecule has 0 atom stereocenters. The van der Waals surface area contributed by atoms with Gasteiger partial charge in [-0.25, -0.2) is 4.79 Å². The van der Waals surface area contributed by atoms with E-state index in [0.717, 1.165) is 18.4 Å². The molecular weight excluding hydrogens is 190 g/mol. The Morgan fingerprint density at radius 2 is 2.20 bits per heavy atom. The van der Waals surface area contributed by atoms with Gasteiger partial charge in [-0.2, -0.15) is 5.26 Å². The largest absolute Gasteiger partial charge is 0.478 e. The average molecular weight is 201 g/mol. The summed E-state index contributed by atoms with van der Waals surface area (Å²) < 4.78 is 0. The van der Waals surface area contributed by atoms with Crippen LogP contribution in [0.15, 0.2) is 18.2 Å². The van der Waals surface area contributed by atoms with Crippen LogP contribution in [0.3, 0.4) is 0 Å². The lowest BCUT2D eigenvalue weighted by atomic mass is 9.78. The minimum absolute atomic E-state index is 0.291. The fraction of sp³-hybridized carbons (Fsp3) is 0.333. The lowest BCUT2D eigenvalue weighted by molar-refractivity contribution is 0.0694. The Hall–Kier alpha value is -1.82. The highest BCUT2D eigenvalue weighted by molar-refractivity contribution is 5.90. The first kappa shape index (κ1) is 9.72. The molecule has 1 saturated carbocycles. The summed E-state index contributed by atoms with van der Waals surface area (Å²) in [4.78, 5) is 11.0. The first-order valence-electron chi connectivity index (χ1n) is 4.99. The first-order valence-corrected chi connectivity index (χ1v) is 4.99. The lowest BCUT2D eigenvalue weighted by Gasteiger charge is -2.27. The van der Waals surface area contributed by atoms with Crippen molar-refractivity contribution in [3.8, 4) is 6.07 Å². The fourth-order valence-electron chi connectivity index (χ4n) is 1.89. The van der Waals surface area contributed by atoms with Crippen molar-refractivity contribution in [2.24, 2.45) is 0 Å². The number of hydrogen-bond donors (Lipinski definition) is 1. The quantitative estimate of drug-likeness (QED) is 0.799. The number of carbonyl (C=O) groups is 1. The van der Waals surface area contributed by atoms with E-state index in [0.29, 0.717) is 17.0 Å². The minimum Gasteiger partial charge on any atom is -0.478 e. The van der Waals surface area contributed by atoms with Crippen LogP contribution >= 0.6 is 0 Å². The van der Waals surface area contributed by atoms with Gasteiger partial charge >= 0.3 is 5.97 Å². The van der Waals surface area contributed by atoms with E-state index in [-0.39, 0.29) is 0 Å². The maximum atomic E-state index is 11.0. The Labute approximate surface area is 88.0 Å². The lowest BCUT2D eigenvalue weighted by Crippen LogP contribution is -2.13. The highest BCUT2D eigenvalue weighted by atomic mass is 16.4. The molecule has 76 valence electrons. The number of hydrogen-bond acceptors (Lipinski definition) is 2. The zero-order valence-electron chi connectivity index (χ0n) is 8.23. The summed E-state index contributed by atoms with van der Waals surface area (Å²) in [7, 11) is 0. The zero-order chi connectivity index (χ0) is 10.8. The van der Waals surface area contributed by atoms with Crippen LogP contribution < -0.4 is 0 Å². The summed E-state index contributed by atoms with van der Waals surface area (Å²) in [6.07, 6.45) is 3.29. The molecule has 3 heteroatoms. The third kappa shape index (κ3) is 1.71. The molecule has 0 amide bonds. The van der Waals surface area contributed by atoms with Gasteiger partial charge in [-0.05, 0) is 36.5 Å². The van der Waals surface area contributed by atoms with Gasteiger partial charge in [-0.3, -0.25) is 0 Å². The van der Waals surface area contributed by atoms with E-state index in [1.54, 1.807) is 12.1 Å². The highest BCUT2D eigenvalue weighted by Crippen LogP contribution is 2.38. The number of aromatic carboxylic acids is 1. The molecular formula is C12H11NO2. The fourth-order valence-corrected chi connectivity index (χ4v) is 1.89. The van der Waals surface area contributed by atoms with Crippen molar-refractivity contribution in [1.82, 2.24) is 0 Å². The van der Waals surface area contributed by atoms with Crippen molar-refractivity contribution in [3.05, 3.63) is 34.9 Å². The van der Waals surface area contributed by atoms with Crippen molar-refractivity contribution in [3.63, 3.8) is 0 Å². The Kier molecular flexibility index (Phi) is 2.42. The molecule has 3 nitrogen and oxygen atoms in total. The summed E-state index contributed by atoms with van der Waals surface area (Å²) in [6, 6.07) is 6.91. The molecule has 2 rings (SSSR count). The van der Waals surface area contributed by atoms with Crippen LogP contribution in [0.2, 0.25) is 0 Å². The molecule has 1 aromatic rings. The maximum Gasteiger partial charge on any atom is 0.336 e. The summed E-state index contributed by atoms with van der Waals surface area (Å²) in [5, 5.41) is 17.7. The molecule has 1 aromatic carbocycles. The van der Waals surface area contributed by atoms with E-state index in [1.807, 2.05) is 6.07 Å². The van der Waals surface area contributed by atoms with Gasteiger partial charge in [0.25, 0.3) is 0 Å². The van der Waals surface area contributed by atoms with Gasteiger partial charge in [-0.15, -0.1) is 0 Å². The van der Waals surface area contributed by atoms with Gasteiger partial charge < -0.3 is 5.11 Å². The molecule has 0 heterocycles. The van der Waals surface area contributed by atoms with Crippen molar-refractivity contribution in [2.75, 3.05) is 0 Å². The molecule has 0 saturated heterocycles. The first-order chi connectivity index (χ1) is 7.22. The number of nitriles is 1. The van der Waals surface area contributed by atoms with Crippen molar-refractivity contribution in [1.29, 1.82) is 5.26 Å². The van der Waals surface area contributed by atoms with E-state index in [9.17, 15) is 4.79 Å². The van der Waals surface area contributed by atoms with Crippen LogP contribution in [-0.2, 0) is 0 Å². The van der Waals surface area contributed by atoms with Gasteiger partial charge in [0.15, 0.2) is 0 Å². The summed E-state index contributed by atoms with van der Waals surface area (Å²) >= 11 is 0. The smallest absolute Gasteiger partial charge is 0.336 e. The topological polar surface area (TPSA) is 61.1 Å². The molecule has 15 heavy (non-hydrogen) atoms. The van der Waals surface area contributed by atoms with Gasteiger partial charge in [-0.1, -0.05) is 12.5 Å². The van der Waals surface area contributed by atoms with Crippen molar-refractivity contribution < 1.29 is 9.90 Å². The summed E-state index contributed by atoms with van der Waals surface area (Å²) in [6.45, 7) is 0. The van der Waals surface area contributed by atoms with Gasteiger partial charge in [0, 0.05) is 0 Å². The molecule has 0 aromatic heterocycles. The third-order valence-electron chi connectivity index (χ3n) is 2.96. The Bertz CT molecular complexity index is 441. The van der Waals surface area contributed by atoms with Gasteiger partial charge in [0.05, 0.1) is 17.2 Å². The molecule has 0 aliphatic heterocycles. The van der Waals surface area contributed by atoms with Crippen molar-refractivity contribution in [2.45, 2.75) is 25.2 Å². The van der Waals surface area contributed by atoms with E-state index >= 15 is 0 Å². The molecule has 1 aliphatic rings. The van der Waals surface area contributed by atoms with Gasteiger partial charge in [0.2, 0.25) is 0 Å². The van der Waals surface area contributed by atoms with Crippen LogP contribution in [0.25, 0.3) is 0 Å². The Morgan fingerprint density at radius 3 is 2.67 bits per heavy atom. The number of benzene rings is 1. The van der Waals surface area contributed by atoms with E-state index < -0.39 is 5.97 Å². The van der Waals surface area contributed by atoms with Crippen LogP contribution in [0.1, 0.15) is 46.7 Å². The summed E-state index contributed by atoms with van der Waals surface area (Å²) in [5.41, 5.74) is 1.59. The Morgan fingerprint density at radius 1 is 1.47 bits per heavy atom. The summed E-state index contributed by atoms with van der Waals surface area (Å²) in [5.74, 6) is -0.558. The highest BCUT2D eigenvalue weighted by Gasteiger charge is 2.24. The number of carboxylic acids is 1. The monoisotopic (exact) mass is 201 g/mol. The number of nitrogens with zero attached hydrogens (tertiary/aromatic N) is 1. The Balaban J connectivity index is 2.45. The van der Waals surface area contributed by atoms with E-state index in [2.05, 4.69) is 0 Å². The van der Waals surface area contributed by atoms with E-state index in [4.69, 9.17) is 10.4 Å². The predicted octanol–water partition coefficient (Wildman–Crippen LogP) is 2.52. The number of carboxylic acid groups (broad SMARTS) is 1. The predicted molar refractivity (Wildman–Crippen MR) is 54.7 cm³/mol. The van der Waals surface area contributed by atoms with Gasteiger partial charge in [0.1, 0.15) is 0 Å². The molecule has 0 radical (unpaired) electrons. The number of rotatable bonds is 2. The second kappa shape index (κ2) is 3.74. The molecule has 1 fully saturated rings. The molecule has 0 unspecified atom stereocenters. The molecule has 1 N–H and O–H groups in total. The minimum atomic E-state index is -0.936. The maximum absolute atomic E-state index is 11.0. The zero-order valence-corrected chi connectivity index (χ0v) is 8.23. The standard InChI is InChI=1S/C12H11NO2/c13-7-8-4-5-10(9-2-1-3-9)11(6-8)12(14)15/h4-6,9H,1-3H2,(H,14,15). The molecule has 1 aliphatic carbocycles. The second-order valence-electron chi connectivity index (χ2n) is 3.85. The van der Waals surface area contributed by atoms with Crippen LogP contribution in [0, 0.1) is 11.3 Å². The van der Waals surface area contributed by atoms with E-state index in [1.165, 1.54) is 12.5 Å².